The Balaban J connectivity index is 1.56. The number of hydrogen-bond acceptors (Lipinski definition) is 4. The van der Waals surface area contributed by atoms with Crippen molar-refractivity contribution >= 4 is 23.2 Å². The Morgan fingerprint density at radius 3 is 2.48 bits per heavy atom. The standard InChI is InChI=1S/C21H20N2O3S/c1-14(17-4-2-5-18(24)12-17)23-20(25)16-9-7-15(8-10-16)13-22-21(26)19-6-3-11-27-19/h2-12,14,24H,13H2,1H3,(H,22,26)(H,23,25). The van der Waals surface area contributed by atoms with Crippen LogP contribution in [0.4, 0.5) is 0 Å². The van der Waals surface area contributed by atoms with Crippen molar-refractivity contribution in [2.45, 2.75) is 19.5 Å². The summed E-state index contributed by atoms with van der Waals surface area (Å²) in [6, 6.07) is 17.3. The van der Waals surface area contributed by atoms with E-state index in [1.807, 2.05) is 36.6 Å². The number of phenols is 1. The lowest BCUT2D eigenvalue weighted by molar-refractivity contribution is 0.0935. The molecule has 1 heterocycles. The summed E-state index contributed by atoms with van der Waals surface area (Å²) >= 11 is 1.40. The Bertz CT molecular complexity index is 921. The second-order valence-electron chi connectivity index (χ2n) is 6.15. The SMILES string of the molecule is CC(NC(=O)c1ccc(CNC(=O)c2cccs2)cc1)c1cccc(O)c1. The maximum absolute atomic E-state index is 12.4. The normalized spacial score (nSPS) is 11.6. The van der Waals surface area contributed by atoms with Crippen molar-refractivity contribution < 1.29 is 14.7 Å². The molecule has 2 amide bonds. The van der Waals surface area contributed by atoms with Crippen LogP contribution in [0.1, 0.15) is 44.1 Å². The second-order valence-corrected chi connectivity index (χ2v) is 7.09. The topological polar surface area (TPSA) is 78.4 Å². The molecule has 3 N–H and O–H groups in total. The van der Waals surface area contributed by atoms with E-state index in [1.165, 1.54) is 11.3 Å². The van der Waals surface area contributed by atoms with Gasteiger partial charge in [0.1, 0.15) is 5.75 Å². The van der Waals surface area contributed by atoms with Crippen LogP contribution in [-0.4, -0.2) is 16.9 Å². The first-order chi connectivity index (χ1) is 13.0. The number of nitrogens with one attached hydrogen (secondary N) is 2. The number of rotatable bonds is 6. The van der Waals surface area contributed by atoms with E-state index in [1.54, 1.807) is 36.4 Å². The molecule has 0 aliphatic carbocycles. The largest absolute Gasteiger partial charge is 0.508 e. The summed E-state index contributed by atoms with van der Waals surface area (Å²) in [5.41, 5.74) is 2.28. The number of hydrogen-bond donors (Lipinski definition) is 3. The molecule has 5 nitrogen and oxygen atoms in total. The van der Waals surface area contributed by atoms with Crippen LogP contribution < -0.4 is 10.6 Å². The van der Waals surface area contributed by atoms with E-state index in [-0.39, 0.29) is 23.6 Å². The fourth-order valence-electron chi connectivity index (χ4n) is 2.61. The molecular formula is C21H20N2O3S. The van der Waals surface area contributed by atoms with Crippen molar-refractivity contribution in [3.05, 3.63) is 87.6 Å². The molecule has 0 fully saturated rings. The first-order valence-electron chi connectivity index (χ1n) is 8.53. The Kier molecular flexibility index (Phi) is 5.88. The van der Waals surface area contributed by atoms with Gasteiger partial charge in [0.05, 0.1) is 10.9 Å². The number of benzene rings is 2. The van der Waals surface area contributed by atoms with Crippen molar-refractivity contribution in [1.29, 1.82) is 0 Å². The molecule has 1 unspecified atom stereocenters. The third kappa shape index (κ3) is 4.95. The number of thiophene rings is 1. The fraction of sp³-hybridized carbons (Fsp3) is 0.143. The van der Waals surface area contributed by atoms with Gasteiger partial charge in [0, 0.05) is 12.1 Å². The van der Waals surface area contributed by atoms with Crippen LogP contribution in [0.5, 0.6) is 5.75 Å². The summed E-state index contributed by atoms with van der Waals surface area (Å²) in [7, 11) is 0. The van der Waals surface area contributed by atoms with Gasteiger partial charge >= 0.3 is 0 Å². The van der Waals surface area contributed by atoms with E-state index in [0.29, 0.717) is 17.0 Å². The van der Waals surface area contributed by atoms with E-state index < -0.39 is 0 Å². The van der Waals surface area contributed by atoms with Crippen LogP contribution in [0, 0.1) is 0 Å². The first-order valence-corrected chi connectivity index (χ1v) is 9.41. The van der Waals surface area contributed by atoms with Crippen molar-refractivity contribution in [1.82, 2.24) is 10.6 Å². The van der Waals surface area contributed by atoms with Crippen LogP contribution in [0.25, 0.3) is 0 Å². The first kappa shape index (κ1) is 18.7. The third-order valence-electron chi connectivity index (χ3n) is 4.13. The summed E-state index contributed by atoms with van der Waals surface area (Å²) in [6.45, 7) is 2.26. The molecule has 3 rings (SSSR count). The van der Waals surface area contributed by atoms with Crippen molar-refractivity contribution in [2.75, 3.05) is 0 Å². The molecule has 6 heteroatoms. The van der Waals surface area contributed by atoms with Gasteiger partial charge in [-0.3, -0.25) is 9.59 Å². The third-order valence-corrected chi connectivity index (χ3v) is 5.00. The van der Waals surface area contributed by atoms with Gasteiger partial charge in [-0.2, -0.15) is 0 Å². The van der Waals surface area contributed by atoms with Crippen LogP contribution in [-0.2, 0) is 6.54 Å². The molecule has 0 aliphatic rings. The zero-order valence-electron chi connectivity index (χ0n) is 14.8. The van der Waals surface area contributed by atoms with Crippen LogP contribution >= 0.6 is 11.3 Å². The number of phenolic OH excluding ortho intramolecular Hbond substituents is 1. The summed E-state index contributed by atoms with van der Waals surface area (Å²) in [5, 5.41) is 17.2. The summed E-state index contributed by atoms with van der Waals surface area (Å²) in [6.07, 6.45) is 0. The van der Waals surface area contributed by atoms with Crippen LogP contribution in [0.15, 0.2) is 66.0 Å². The van der Waals surface area contributed by atoms with E-state index in [9.17, 15) is 14.7 Å². The quantitative estimate of drug-likeness (QED) is 0.607. The Hall–Kier alpha value is -3.12. The molecular weight excluding hydrogens is 360 g/mol. The Morgan fingerprint density at radius 2 is 1.81 bits per heavy atom. The number of aromatic hydroxyl groups is 1. The van der Waals surface area contributed by atoms with Gasteiger partial charge < -0.3 is 15.7 Å². The smallest absolute Gasteiger partial charge is 0.261 e. The van der Waals surface area contributed by atoms with Gasteiger partial charge in [-0.25, -0.2) is 0 Å². The predicted molar refractivity (Wildman–Crippen MR) is 106 cm³/mol. The predicted octanol–water partition coefficient (Wildman–Crippen LogP) is 3.87. The van der Waals surface area contributed by atoms with E-state index in [4.69, 9.17) is 0 Å². The molecule has 0 bridgehead atoms. The molecule has 1 aromatic heterocycles. The summed E-state index contributed by atoms with van der Waals surface area (Å²) in [5.74, 6) is -0.130. The molecule has 0 spiro atoms. The van der Waals surface area contributed by atoms with E-state index in [0.717, 1.165) is 11.1 Å². The molecule has 0 saturated carbocycles. The summed E-state index contributed by atoms with van der Waals surface area (Å²) < 4.78 is 0. The zero-order valence-corrected chi connectivity index (χ0v) is 15.6. The maximum atomic E-state index is 12.4. The monoisotopic (exact) mass is 380 g/mol. The second kappa shape index (κ2) is 8.51. The minimum atomic E-state index is -0.227. The molecule has 138 valence electrons. The van der Waals surface area contributed by atoms with Gasteiger partial charge in [0.2, 0.25) is 0 Å². The zero-order chi connectivity index (χ0) is 19.2. The highest BCUT2D eigenvalue weighted by Crippen LogP contribution is 2.18. The molecule has 1 atom stereocenters. The van der Waals surface area contributed by atoms with Crippen LogP contribution in [0.2, 0.25) is 0 Å². The Labute approximate surface area is 161 Å². The molecule has 27 heavy (non-hydrogen) atoms. The lowest BCUT2D eigenvalue weighted by Gasteiger charge is -2.15. The number of amides is 2. The number of carbonyl (C=O) groups is 2. The molecule has 0 aliphatic heterocycles. The average molecular weight is 380 g/mol. The van der Waals surface area contributed by atoms with Gasteiger partial charge in [-0.05, 0) is 53.8 Å². The maximum Gasteiger partial charge on any atom is 0.261 e. The van der Waals surface area contributed by atoms with Gasteiger partial charge in [-0.1, -0.05) is 30.3 Å². The highest BCUT2D eigenvalue weighted by atomic mass is 32.1. The van der Waals surface area contributed by atoms with E-state index >= 15 is 0 Å². The van der Waals surface area contributed by atoms with Crippen LogP contribution in [0.3, 0.4) is 0 Å². The minimum Gasteiger partial charge on any atom is -0.508 e. The molecule has 0 saturated heterocycles. The highest BCUT2D eigenvalue weighted by molar-refractivity contribution is 7.12. The lowest BCUT2D eigenvalue weighted by Crippen LogP contribution is -2.26. The fourth-order valence-corrected chi connectivity index (χ4v) is 3.25. The molecule has 0 radical (unpaired) electrons. The number of carbonyl (C=O) groups excluding carboxylic acids is 2. The average Bonchev–Trinajstić information content (AvgIpc) is 3.21. The van der Waals surface area contributed by atoms with Gasteiger partial charge in [0.15, 0.2) is 0 Å². The lowest BCUT2D eigenvalue weighted by atomic mass is 10.1. The van der Waals surface area contributed by atoms with E-state index in [2.05, 4.69) is 10.6 Å². The van der Waals surface area contributed by atoms with Crippen molar-refractivity contribution in [2.24, 2.45) is 0 Å². The Morgan fingerprint density at radius 1 is 1.04 bits per heavy atom. The molecule has 2 aromatic carbocycles. The highest BCUT2D eigenvalue weighted by Gasteiger charge is 2.12. The molecule has 3 aromatic rings. The summed E-state index contributed by atoms with van der Waals surface area (Å²) in [4.78, 5) is 25.0. The van der Waals surface area contributed by atoms with Gasteiger partial charge in [-0.15, -0.1) is 11.3 Å². The minimum absolute atomic E-state index is 0.105. The van der Waals surface area contributed by atoms with Crippen molar-refractivity contribution in [3.8, 4) is 5.75 Å². The van der Waals surface area contributed by atoms with Gasteiger partial charge in [0.25, 0.3) is 11.8 Å². The van der Waals surface area contributed by atoms with Crippen molar-refractivity contribution in [3.63, 3.8) is 0 Å².